The van der Waals surface area contributed by atoms with E-state index in [-0.39, 0.29) is 5.91 Å². The van der Waals surface area contributed by atoms with E-state index in [0.29, 0.717) is 24.6 Å². The van der Waals surface area contributed by atoms with Crippen molar-refractivity contribution in [1.29, 1.82) is 0 Å². The fourth-order valence-corrected chi connectivity index (χ4v) is 3.31. The standard InChI is InChI=1S/C15H22N2O2S/c1-3-6-16-14-5-4-12(2)11-13(14)15(18)17-7-9-20(19)10-8-17/h4-5,11,16H,3,6-10H2,1-2H3. The third-order valence-electron chi connectivity index (χ3n) is 3.44. The van der Waals surface area contributed by atoms with Gasteiger partial charge >= 0.3 is 0 Å². The van der Waals surface area contributed by atoms with Crippen LogP contribution < -0.4 is 5.32 Å². The fourth-order valence-electron chi connectivity index (χ4n) is 2.26. The highest BCUT2D eigenvalue weighted by atomic mass is 32.2. The van der Waals surface area contributed by atoms with E-state index in [4.69, 9.17) is 0 Å². The molecule has 1 aliphatic rings. The Kier molecular flexibility index (Phi) is 5.17. The molecule has 1 heterocycles. The van der Waals surface area contributed by atoms with Crippen LogP contribution in [-0.4, -0.2) is 46.2 Å². The molecule has 1 fully saturated rings. The van der Waals surface area contributed by atoms with E-state index in [1.54, 1.807) is 0 Å². The molecule has 110 valence electrons. The highest BCUT2D eigenvalue weighted by molar-refractivity contribution is 7.85. The first kappa shape index (κ1) is 15.0. The molecular weight excluding hydrogens is 272 g/mol. The number of hydrogen-bond donors (Lipinski definition) is 1. The minimum Gasteiger partial charge on any atom is -0.384 e. The van der Waals surface area contributed by atoms with Crippen LogP contribution in [-0.2, 0) is 10.8 Å². The summed E-state index contributed by atoms with van der Waals surface area (Å²) in [6.07, 6.45) is 1.02. The Bertz CT molecular complexity index is 507. The first-order valence-corrected chi connectivity index (χ1v) is 8.59. The summed E-state index contributed by atoms with van der Waals surface area (Å²) in [5.41, 5.74) is 2.70. The van der Waals surface area contributed by atoms with Crippen LogP contribution in [0.15, 0.2) is 18.2 Å². The van der Waals surface area contributed by atoms with Crippen LogP contribution in [0.25, 0.3) is 0 Å². The zero-order valence-corrected chi connectivity index (χ0v) is 13.0. The second-order valence-corrected chi connectivity index (χ2v) is 6.81. The molecule has 1 aromatic rings. The number of hydrogen-bond acceptors (Lipinski definition) is 3. The SMILES string of the molecule is CCCNc1ccc(C)cc1C(=O)N1CCS(=O)CC1. The molecule has 2 rings (SSSR count). The van der Waals surface area contributed by atoms with Gasteiger partial charge in [0.05, 0.1) is 5.56 Å². The van der Waals surface area contributed by atoms with Crippen molar-refractivity contribution in [3.63, 3.8) is 0 Å². The van der Waals surface area contributed by atoms with Crippen LogP contribution in [0.4, 0.5) is 5.69 Å². The lowest BCUT2D eigenvalue weighted by Gasteiger charge is -2.27. The largest absolute Gasteiger partial charge is 0.384 e. The molecule has 1 aliphatic heterocycles. The summed E-state index contributed by atoms with van der Waals surface area (Å²) >= 11 is 0. The lowest BCUT2D eigenvalue weighted by atomic mass is 10.1. The molecule has 5 heteroatoms. The lowest BCUT2D eigenvalue weighted by molar-refractivity contribution is 0.0772. The van der Waals surface area contributed by atoms with Crippen LogP contribution in [0.2, 0.25) is 0 Å². The Labute approximate surface area is 123 Å². The number of rotatable bonds is 4. The predicted octanol–water partition coefficient (Wildman–Crippen LogP) is 2.02. The van der Waals surface area contributed by atoms with Gasteiger partial charge in [0, 0.05) is 47.6 Å². The summed E-state index contributed by atoms with van der Waals surface area (Å²) in [6, 6.07) is 5.92. The highest BCUT2D eigenvalue weighted by Gasteiger charge is 2.23. The van der Waals surface area contributed by atoms with Crippen molar-refractivity contribution < 1.29 is 9.00 Å². The molecule has 0 radical (unpaired) electrons. The van der Waals surface area contributed by atoms with Gasteiger partial charge in [-0.3, -0.25) is 9.00 Å². The average molecular weight is 294 g/mol. The van der Waals surface area contributed by atoms with Gasteiger partial charge in [0.25, 0.3) is 5.91 Å². The maximum Gasteiger partial charge on any atom is 0.256 e. The molecule has 1 aromatic carbocycles. The van der Waals surface area contributed by atoms with Crippen molar-refractivity contribution in [3.05, 3.63) is 29.3 Å². The van der Waals surface area contributed by atoms with Crippen molar-refractivity contribution in [2.45, 2.75) is 20.3 Å². The van der Waals surface area contributed by atoms with Gasteiger partial charge in [0.2, 0.25) is 0 Å². The molecule has 0 atom stereocenters. The van der Waals surface area contributed by atoms with Crippen LogP contribution in [0.3, 0.4) is 0 Å². The lowest BCUT2D eigenvalue weighted by Crippen LogP contribution is -2.42. The molecule has 0 saturated carbocycles. The first-order valence-electron chi connectivity index (χ1n) is 7.10. The number of benzene rings is 1. The molecule has 20 heavy (non-hydrogen) atoms. The van der Waals surface area contributed by atoms with Crippen LogP contribution in [0, 0.1) is 6.92 Å². The Balaban J connectivity index is 2.19. The van der Waals surface area contributed by atoms with Crippen molar-refractivity contribution in [2.24, 2.45) is 0 Å². The van der Waals surface area contributed by atoms with Crippen LogP contribution >= 0.6 is 0 Å². The number of anilines is 1. The molecule has 0 spiro atoms. The summed E-state index contributed by atoms with van der Waals surface area (Å²) in [6.45, 7) is 6.13. The molecule has 1 amide bonds. The van der Waals surface area contributed by atoms with E-state index in [1.165, 1.54) is 0 Å². The number of carbonyl (C=O) groups excluding carboxylic acids is 1. The van der Waals surface area contributed by atoms with Crippen molar-refractivity contribution in [1.82, 2.24) is 4.90 Å². The van der Waals surface area contributed by atoms with E-state index >= 15 is 0 Å². The van der Waals surface area contributed by atoms with Crippen LogP contribution in [0.5, 0.6) is 0 Å². The maximum absolute atomic E-state index is 12.6. The molecular formula is C15H22N2O2S. The van der Waals surface area contributed by atoms with Crippen LogP contribution in [0.1, 0.15) is 29.3 Å². The smallest absolute Gasteiger partial charge is 0.256 e. The maximum atomic E-state index is 12.6. The summed E-state index contributed by atoms with van der Waals surface area (Å²) in [7, 11) is -0.758. The summed E-state index contributed by atoms with van der Waals surface area (Å²) in [5, 5.41) is 3.31. The zero-order valence-electron chi connectivity index (χ0n) is 12.1. The second-order valence-electron chi connectivity index (χ2n) is 5.12. The van der Waals surface area contributed by atoms with Gasteiger partial charge in [0.15, 0.2) is 0 Å². The predicted molar refractivity (Wildman–Crippen MR) is 83.7 cm³/mol. The van der Waals surface area contributed by atoms with E-state index in [2.05, 4.69) is 12.2 Å². The normalized spacial score (nSPS) is 16.2. The number of aryl methyl sites for hydroxylation is 1. The first-order chi connectivity index (χ1) is 9.61. The van der Waals surface area contributed by atoms with Gasteiger partial charge in [-0.05, 0) is 25.5 Å². The molecule has 0 aromatic heterocycles. The second kappa shape index (κ2) is 6.88. The van der Waals surface area contributed by atoms with Gasteiger partial charge in [-0.2, -0.15) is 0 Å². The number of nitrogens with one attached hydrogen (secondary N) is 1. The third-order valence-corrected chi connectivity index (χ3v) is 4.71. The number of amides is 1. The molecule has 0 unspecified atom stereocenters. The minimum absolute atomic E-state index is 0.0454. The Morgan fingerprint density at radius 1 is 1.35 bits per heavy atom. The third kappa shape index (κ3) is 3.60. The summed E-state index contributed by atoms with van der Waals surface area (Å²) in [4.78, 5) is 14.4. The van der Waals surface area contributed by atoms with Gasteiger partial charge in [-0.1, -0.05) is 18.6 Å². The molecule has 1 N–H and O–H groups in total. The Morgan fingerprint density at radius 3 is 2.70 bits per heavy atom. The van der Waals surface area contributed by atoms with E-state index in [9.17, 15) is 9.00 Å². The minimum atomic E-state index is -0.758. The Hall–Kier alpha value is -1.36. The molecule has 1 saturated heterocycles. The van der Waals surface area contributed by atoms with Gasteiger partial charge in [0.1, 0.15) is 0 Å². The Morgan fingerprint density at radius 2 is 2.05 bits per heavy atom. The molecule has 4 nitrogen and oxygen atoms in total. The van der Waals surface area contributed by atoms with Crippen molar-refractivity contribution in [3.8, 4) is 0 Å². The summed E-state index contributed by atoms with van der Waals surface area (Å²) < 4.78 is 11.4. The quantitative estimate of drug-likeness (QED) is 0.924. The highest BCUT2D eigenvalue weighted by Crippen LogP contribution is 2.20. The van der Waals surface area contributed by atoms with Crippen molar-refractivity contribution in [2.75, 3.05) is 36.5 Å². The van der Waals surface area contributed by atoms with Gasteiger partial charge < -0.3 is 10.2 Å². The van der Waals surface area contributed by atoms with E-state index in [0.717, 1.165) is 29.8 Å². The number of nitrogens with zero attached hydrogens (tertiary/aromatic N) is 1. The summed E-state index contributed by atoms with van der Waals surface area (Å²) in [5.74, 6) is 1.23. The molecule has 0 aliphatic carbocycles. The van der Waals surface area contributed by atoms with E-state index in [1.807, 2.05) is 30.0 Å². The average Bonchev–Trinajstić information content (AvgIpc) is 2.46. The molecule has 0 bridgehead atoms. The topological polar surface area (TPSA) is 49.4 Å². The number of carbonyl (C=O) groups is 1. The monoisotopic (exact) mass is 294 g/mol. The van der Waals surface area contributed by atoms with Gasteiger partial charge in [-0.15, -0.1) is 0 Å². The van der Waals surface area contributed by atoms with E-state index < -0.39 is 10.8 Å². The zero-order chi connectivity index (χ0) is 14.5. The van der Waals surface area contributed by atoms with Crippen molar-refractivity contribution >= 4 is 22.4 Å². The van der Waals surface area contributed by atoms with Gasteiger partial charge in [-0.25, -0.2) is 0 Å². The fraction of sp³-hybridized carbons (Fsp3) is 0.533.